The van der Waals surface area contributed by atoms with Crippen LogP contribution in [0.4, 0.5) is 4.39 Å². The first-order valence-corrected chi connectivity index (χ1v) is 15.9. The highest BCUT2D eigenvalue weighted by molar-refractivity contribution is 6.76. The molecule has 37 heavy (non-hydrogen) atoms. The summed E-state index contributed by atoms with van der Waals surface area (Å²) in [6, 6.07) is 4.55. The minimum Gasteiger partial charge on any atom is -0.394 e. The molecule has 4 rings (SSSR count). The van der Waals surface area contributed by atoms with E-state index >= 15 is 0 Å². The van der Waals surface area contributed by atoms with Crippen LogP contribution in [0.5, 0.6) is 0 Å². The number of benzene rings is 1. The first-order valence-electron chi connectivity index (χ1n) is 12.1. The number of rotatable bonds is 10. The van der Waals surface area contributed by atoms with Crippen molar-refractivity contribution in [3.63, 3.8) is 0 Å². The van der Waals surface area contributed by atoms with E-state index in [-0.39, 0.29) is 18.1 Å². The van der Waals surface area contributed by atoms with Crippen LogP contribution >= 0.6 is 0 Å². The summed E-state index contributed by atoms with van der Waals surface area (Å²) in [4.78, 5) is 22.5. The van der Waals surface area contributed by atoms with Crippen LogP contribution in [0.25, 0.3) is 33.5 Å². The normalized spacial score (nSPS) is 13.8. The Balaban J connectivity index is 1.75. The van der Waals surface area contributed by atoms with Gasteiger partial charge in [0.05, 0.1) is 36.0 Å². The maximum atomic E-state index is 13.8. The summed E-state index contributed by atoms with van der Waals surface area (Å²) in [6.45, 7) is 8.66. The van der Waals surface area contributed by atoms with Crippen LogP contribution < -0.4 is 5.32 Å². The van der Waals surface area contributed by atoms with Crippen molar-refractivity contribution in [2.24, 2.45) is 7.05 Å². The highest BCUT2D eigenvalue weighted by atomic mass is 28.3. The Morgan fingerprint density at radius 1 is 1.30 bits per heavy atom. The summed E-state index contributed by atoms with van der Waals surface area (Å²) in [5.41, 5.74) is 2.53. The van der Waals surface area contributed by atoms with Crippen LogP contribution in [-0.2, 0) is 18.5 Å². The Morgan fingerprint density at radius 3 is 2.73 bits per heavy atom. The second-order valence-corrected chi connectivity index (χ2v) is 16.0. The third-order valence-corrected chi connectivity index (χ3v) is 7.89. The van der Waals surface area contributed by atoms with E-state index in [4.69, 9.17) is 9.72 Å². The fraction of sp³-hybridized carbons (Fsp3) is 0.440. The monoisotopic (exact) mass is 528 g/mol. The van der Waals surface area contributed by atoms with Crippen LogP contribution in [-0.4, -0.2) is 73.9 Å². The summed E-state index contributed by atoms with van der Waals surface area (Å²) in [5.74, 6) is -0.879. The lowest BCUT2D eigenvalue weighted by atomic mass is 10.1. The average molecular weight is 529 g/mol. The SMILES string of the molecule is C[C@@H](O)[C@@H](CO)NC(=O)c1cn(COCC[Si](C)(C)C)c2ncc(-c3nn(C)c4cc(F)ccc34)nc12. The molecule has 10 nitrogen and oxygen atoms in total. The standard InChI is InChI=1S/C25H33FN6O4Si/c1-15(34)20(13-33)29-25(35)18-12-32(14-36-8-9-37(3,4)5)24-23(18)28-19(11-27-24)22-17-7-6-16(26)10-21(17)31(2)30-22/h6-7,10-12,15,20,33-34H,8-9,13-14H2,1-5H3,(H,29,35)/t15-,20-/m1/s1. The number of halogens is 1. The molecule has 0 aliphatic heterocycles. The number of amides is 1. The van der Waals surface area contributed by atoms with E-state index in [1.54, 1.807) is 34.8 Å². The molecule has 0 aliphatic rings. The van der Waals surface area contributed by atoms with Crippen molar-refractivity contribution in [2.75, 3.05) is 13.2 Å². The summed E-state index contributed by atoms with van der Waals surface area (Å²) >= 11 is 0. The molecule has 198 valence electrons. The number of hydrogen-bond donors (Lipinski definition) is 3. The summed E-state index contributed by atoms with van der Waals surface area (Å²) < 4.78 is 23.0. The van der Waals surface area contributed by atoms with Gasteiger partial charge in [-0.3, -0.25) is 9.48 Å². The maximum absolute atomic E-state index is 13.8. The van der Waals surface area contributed by atoms with E-state index in [9.17, 15) is 19.4 Å². The van der Waals surface area contributed by atoms with Gasteiger partial charge in [0.1, 0.15) is 29.5 Å². The molecule has 0 saturated carbocycles. The Bertz CT molecular complexity index is 1430. The molecule has 1 amide bonds. The molecule has 2 atom stereocenters. The second kappa shape index (κ2) is 10.7. The molecule has 3 heterocycles. The molecule has 0 bridgehead atoms. The van der Waals surface area contributed by atoms with Crippen molar-refractivity contribution in [3.05, 3.63) is 42.0 Å². The molecule has 0 spiro atoms. The second-order valence-electron chi connectivity index (χ2n) is 10.4. The highest BCUT2D eigenvalue weighted by Crippen LogP contribution is 2.29. The van der Waals surface area contributed by atoms with Gasteiger partial charge in [0.15, 0.2) is 5.65 Å². The molecule has 3 N–H and O–H groups in total. The van der Waals surface area contributed by atoms with E-state index in [1.807, 2.05) is 0 Å². The Morgan fingerprint density at radius 2 is 2.05 bits per heavy atom. The molecule has 0 saturated heterocycles. The lowest BCUT2D eigenvalue weighted by molar-refractivity contribution is 0.0756. The topological polar surface area (TPSA) is 127 Å². The maximum Gasteiger partial charge on any atom is 0.255 e. The molecule has 3 aromatic heterocycles. The number of aliphatic hydroxyl groups is 2. The van der Waals surface area contributed by atoms with E-state index < -0.39 is 32.7 Å². The lowest BCUT2D eigenvalue weighted by Gasteiger charge is -2.18. The van der Waals surface area contributed by atoms with Crippen LogP contribution in [0.3, 0.4) is 0 Å². The fourth-order valence-corrected chi connectivity index (χ4v) is 4.71. The Kier molecular flexibility index (Phi) is 7.74. The number of aryl methyl sites for hydroxylation is 1. The van der Waals surface area contributed by atoms with Crippen molar-refractivity contribution < 1.29 is 24.1 Å². The van der Waals surface area contributed by atoms with Gasteiger partial charge < -0.3 is 24.8 Å². The van der Waals surface area contributed by atoms with E-state index in [0.29, 0.717) is 40.1 Å². The molecule has 0 fully saturated rings. The van der Waals surface area contributed by atoms with Crippen molar-refractivity contribution in [3.8, 4) is 11.4 Å². The number of hydrogen-bond acceptors (Lipinski definition) is 7. The fourth-order valence-electron chi connectivity index (χ4n) is 3.96. The number of nitrogens with zero attached hydrogens (tertiary/aromatic N) is 5. The smallest absolute Gasteiger partial charge is 0.255 e. The van der Waals surface area contributed by atoms with Gasteiger partial charge in [-0.1, -0.05) is 19.6 Å². The third kappa shape index (κ3) is 5.87. The van der Waals surface area contributed by atoms with Gasteiger partial charge in [0.25, 0.3) is 5.91 Å². The van der Waals surface area contributed by atoms with Crippen molar-refractivity contribution in [2.45, 2.75) is 51.5 Å². The van der Waals surface area contributed by atoms with Crippen LogP contribution in [0.15, 0.2) is 30.6 Å². The molecule has 0 aliphatic carbocycles. The van der Waals surface area contributed by atoms with E-state index in [0.717, 1.165) is 6.04 Å². The van der Waals surface area contributed by atoms with Crippen molar-refractivity contribution >= 4 is 36.0 Å². The Labute approximate surface area is 215 Å². The predicted octanol–water partition coefficient (Wildman–Crippen LogP) is 2.91. The average Bonchev–Trinajstić information content (AvgIpc) is 3.36. The van der Waals surface area contributed by atoms with Crippen LogP contribution in [0.2, 0.25) is 25.7 Å². The lowest BCUT2D eigenvalue weighted by Crippen LogP contribution is -2.44. The van der Waals surface area contributed by atoms with Gasteiger partial charge in [0, 0.05) is 33.3 Å². The number of carbonyl (C=O) groups excluding carboxylic acids is 1. The zero-order valence-electron chi connectivity index (χ0n) is 21.7. The van der Waals surface area contributed by atoms with Crippen LogP contribution in [0.1, 0.15) is 17.3 Å². The summed E-state index contributed by atoms with van der Waals surface area (Å²) in [6.07, 6.45) is 2.23. The molecule has 0 radical (unpaired) electrons. The summed E-state index contributed by atoms with van der Waals surface area (Å²) in [5, 5.41) is 27.3. The number of fused-ring (bicyclic) bond motifs is 2. The molecular weight excluding hydrogens is 495 g/mol. The van der Waals surface area contributed by atoms with Gasteiger partial charge >= 0.3 is 0 Å². The van der Waals surface area contributed by atoms with E-state index in [2.05, 4.69) is 35.0 Å². The van der Waals surface area contributed by atoms with Gasteiger partial charge in [-0.2, -0.15) is 5.10 Å². The minimum absolute atomic E-state index is 0.188. The van der Waals surface area contributed by atoms with Gasteiger partial charge in [0.2, 0.25) is 0 Å². The molecular formula is C25H33FN6O4Si. The third-order valence-electron chi connectivity index (χ3n) is 6.19. The number of aromatic nitrogens is 5. The van der Waals surface area contributed by atoms with E-state index in [1.165, 1.54) is 19.1 Å². The summed E-state index contributed by atoms with van der Waals surface area (Å²) in [7, 11) is 0.447. The van der Waals surface area contributed by atoms with Gasteiger partial charge in [-0.25, -0.2) is 14.4 Å². The molecule has 1 aromatic carbocycles. The zero-order chi connectivity index (χ0) is 26.9. The number of aliphatic hydroxyl groups excluding tert-OH is 2. The largest absolute Gasteiger partial charge is 0.394 e. The highest BCUT2D eigenvalue weighted by Gasteiger charge is 2.24. The van der Waals surface area contributed by atoms with Gasteiger partial charge in [-0.15, -0.1) is 0 Å². The number of nitrogens with one attached hydrogen (secondary N) is 1. The first-order chi connectivity index (χ1) is 17.5. The number of carbonyl (C=O) groups is 1. The van der Waals surface area contributed by atoms with Crippen LogP contribution in [0, 0.1) is 5.82 Å². The van der Waals surface area contributed by atoms with Crippen molar-refractivity contribution in [1.29, 1.82) is 0 Å². The molecule has 12 heteroatoms. The first kappa shape index (κ1) is 26.9. The van der Waals surface area contributed by atoms with Gasteiger partial charge in [-0.05, 0) is 31.2 Å². The molecule has 4 aromatic rings. The van der Waals surface area contributed by atoms with Crippen molar-refractivity contribution in [1.82, 2.24) is 29.6 Å². The Hall–Kier alpha value is -3.19. The quantitative estimate of drug-likeness (QED) is 0.213. The minimum atomic E-state index is -1.27. The number of ether oxygens (including phenoxy) is 1. The zero-order valence-corrected chi connectivity index (χ0v) is 22.7. The molecule has 0 unspecified atom stereocenters. The predicted molar refractivity (Wildman–Crippen MR) is 141 cm³/mol.